The van der Waals surface area contributed by atoms with Crippen LogP contribution in [0.15, 0.2) is 11.0 Å². The largest absolute Gasteiger partial charge is 0.490 e. The number of fused-ring (bicyclic) bond motifs is 2. The Morgan fingerprint density at radius 1 is 1.41 bits per heavy atom. The quantitative estimate of drug-likeness (QED) is 0.730. The highest BCUT2D eigenvalue weighted by molar-refractivity contribution is 5.96. The van der Waals surface area contributed by atoms with Crippen LogP contribution in [0.25, 0.3) is 0 Å². The molecular weight excluding hydrogens is 292 g/mol. The molecule has 0 saturated carbocycles. The Labute approximate surface area is 126 Å². The van der Waals surface area contributed by atoms with E-state index in [9.17, 15) is 14.4 Å². The van der Waals surface area contributed by atoms with Gasteiger partial charge in [-0.15, -0.1) is 0 Å². The number of ether oxygens (including phenoxy) is 3. The maximum atomic E-state index is 12.8. The fraction of sp³-hybridized carbons (Fsp3) is 0.500. The van der Waals surface area contributed by atoms with Gasteiger partial charge in [-0.1, -0.05) is 0 Å². The summed E-state index contributed by atoms with van der Waals surface area (Å²) in [7, 11) is 1.30. The number of hydrogen-bond donors (Lipinski definition) is 0. The minimum absolute atomic E-state index is 0.0192. The van der Waals surface area contributed by atoms with E-state index in [0.29, 0.717) is 13.2 Å². The van der Waals surface area contributed by atoms with Crippen molar-refractivity contribution in [3.05, 3.63) is 22.1 Å². The predicted octanol–water partition coefficient (Wildman–Crippen LogP) is -0.0172. The zero-order chi connectivity index (χ0) is 15.9. The van der Waals surface area contributed by atoms with Gasteiger partial charge in [0.15, 0.2) is 23.4 Å². The zero-order valence-electron chi connectivity index (χ0n) is 12.3. The number of amides is 1. The first-order chi connectivity index (χ1) is 10.6. The van der Waals surface area contributed by atoms with Gasteiger partial charge in [-0.05, 0) is 13.3 Å². The fourth-order valence-electron chi connectivity index (χ4n) is 2.94. The molecule has 1 amide bonds. The number of hydrogen-bond acceptors (Lipinski definition) is 6. The summed E-state index contributed by atoms with van der Waals surface area (Å²) in [6.07, 6.45) is 1.67. The summed E-state index contributed by atoms with van der Waals surface area (Å²) in [5.41, 5.74) is -0.474. The first-order valence-electron chi connectivity index (χ1n) is 6.94. The fourth-order valence-corrected chi connectivity index (χ4v) is 2.94. The van der Waals surface area contributed by atoms with E-state index in [0.717, 1.165) is 6.42 Å². The highest BCUT2D eigenvalue weighted by atomic mass is 16.5. The van der Waals surface area contributed by atoms with E-state index in [-0.39, 0.29) is 35.6 Å². The van der Waals surface area contributed by atoms with Crippen LogP contribution < -0.4 is 14.9 Å². The van der Waals surface area contributed by atoms with Gasteiger partial charge in [0.05, 0.1) is 26.5 Å². The van der Waals surface area contributed by atoms with Crippen LogP contribution >= 0.6 is 0 Å². The number of nitrogens with zero attached hydrogens (tertiary/aromatic N) is 2. The van der Waals surface area contributed by atoms with E-state index in [1.165, 1.54) is 13.3 Å². The molecule has 0 radical (unpaired) electrons. The monoisotopic (exact) mass is 308 g/mol. The van der Waals surface area contributed by atoms with Crippen molar-refractivity contribution in [1.82, 2.24) is 9.47 Å². The van der Waals surface area contributed by atoms with E-state index in [1.54, 1.807) is 9.47 Å². The average Bonchev–Trinajstić information content (AvgIpc) is 2.49. The Hall–Kier alpha value is -2.35. The van der Waals surface area contributed by atoms with Gasteiger partial charge in [0.25, 0.3) is 17.8 Å². The molecule has 1 aromatic rings. The minimum Gasteiger partial charge on any atom is -0.490 e. The number of carbonyl (C=O) groups is 2. The van der Waals surface area contributed by atoms with Crippen LogP contribution in [-0.2, 0) is 16.1 Å². The van der Waals surface area contributed by atoms with Crippen molar-refractivity contribution in [3.8, 4) is 11.5 Å². The second kappa shape index (κ2) is 5.45. The minimum atomic E-state index is -0.627. The maximum absolute atomic E-state index is 12.8. The van der Waals surface area contributed by atoms with E-state index < -0.39 is 11.7 Å². The molecule has 8 nitrogen and oxygen atoms in total. The second-order valence-corrected chi connectivity index (χ2v) is 5.25. The lowest BCUT2D eigenvalue weighted by Gasteiger charge is -2.44. The molecule has 2 aliphatic heterocycles. The van der Waals surface area contributed by atoms with Crippen LogP contribution in [0.3, 0.4) is 0 Å². The number of pyridine rings is 1. The van der Waals surface area contributed by atoms with Gasteiger partial charge in [-0.3, -0.25) is 14.4 Å². The maximum Gasteiger partial charge on any atom is 0.298 e. The van der Waals surface area contributed by atoms with Gasteiger partial charge in [-0.2, -0.15) is 0 Å². The summed E-state index contributed by atoms with van der Waals surface area (Å²) in [5, 5.41) is 0. The first-order valence-corrected chi connectivity index (χ1v) is 6.94. The number of carbonyl (C=O) groups excluding carboxylic acids is 2. The Balaban J connectivity index is 2.16. The third kappa shape index (κ3) is 2.07. The molecule has 2 aliphatic rings. The first kappa shape index (κ1) is 14.6. The molecule has 3 heterocycles. The van der Waals surface area contributed by atoms with Gasteiger partial charge in [0.2, 0.25) is 0 Å². The Morgan fingerprint density at radius 3 is 2.86 bits per heavy atom. The van der Waals surface area contributed by atoms with Crippen molar-refractivity contribution in [2.75, 3.05) is 13.7 Å². The summed E-state index contributed by atoms with van der Waals surface area (Å²) in [6.45, 7) is 3.02. The molecule has 0 bridgehead atoms. The molecule has 3 rings (SSSR count). The average molecular weight is 308 g/mol. The molecule has 0 spiro atoms. The molecule has 1 aromatic heterocycles. The third-order valence-corrected chi connectivity index (χ3v) is 4.01. The number of methoxy groups -OCH3 is 1. The molecule has 8 heteroatoms. The zero-order valence-corrected chi connectivity index (χ0v) is 12.3. The Morgan fingerprint density at radius 2 is 2.18 bits per heavy atom. The van der Waals surface area contributed by atoms with E-state index in [4.69, 9.17) is 9.47 Å². The third-order valence-electron chi connectivity index (χ3n) is 4.01. The molecule has 22 heavy (non-hydrogen) atoms. The van der Waals surface area contributed by atoms with Crippen molar-refractivity contribution in [1.29, 1.82) is 0 Å². The van der Waals surface area contributed by atoms with Crippen LogP contribution in [0.2, 0.25) is 0 Å². The van der Waals surface area contributed by atoms with Crippen LogP contribution in [0.4, 0.5) is 0 Å². The Kier molecular flexibility index (Phi) is 3.61. The standard InChI is InChI=1S/C14H16N2O6/c1-8-3-4-21-10-6-15-5-9(22-7-17)12(18)13(20-2)11(15)14(19)16(8)10/h5,7-8,10H,3-4,6H2,1-2H3/t8-,10+/m1/s1. The second-order valence-electron chi connectivity index (χ2n) is 5.25. The summed E-state index contributed by atoms with van der Waals surface area (Å²) < 4.78 is 17.0. The van der Waals surface area contributed by atoms with Crippen LogP contribution in [-0.4, -0.2) is 47.8 Å². The van der Waals surface area contributed by atoms with Crippen molar-refractivity contribution in [3.63, 3.8) is 0 Å². The van der Waals surface area contributed by atoms with Crippen molar-refractivity contribution in [2.45, 2.75) is 32.2 Å². The normalized spacial score (nSPS) is 23.5. The number of rotatable bonds is 3. The van der Waals surface area contributed by atoms with Gasteiger partial charge in [-0.25, -0.2) is 0 Å². The molecule has 1 saturated heterocycles. The molecule has 0 N–H and O–H groups in total. The van der Waals surface area contributed by atoms with E-state index in [1.807, 2.05) is 6.92 Å². The molecule has 0 aliphatic carbocycles. The summed E-state index contributed by atoms with van der Waals surface area (Å²) >= 11 is 0. The summed E-state index contributed by atoms with van der Waals surface area (Å²) in [6, 6.07) is 0.0192. The SMILES string of the molecule is COc1c2n(cc(OC=O)c1=O)C[C@@H]1OCC[C@@H](C)N1C2=O. The van der Waals surface area contributed by atoms with Gasteiger partial charge < -0.3 is 23.7 Å². The molecule has 0 aromatic carbocycles. The smallest absolute Gasteiger partial charge is 0.298 e. The van der Waals surface area contributed by atoms with Gasteiger partial charge in [0.1, 0.15) is 0 Å². The topological polar surface area (TPSA) is 87.1 Å². The van der Waals surface area contributed by atoms with Crippen molar-refractivity contribution in [2.24, 2.45) is 0 Å². The van der Waals surface area contributed by atoms with Crippen LogP contribution in [0.1, 0.15) is 23.8 Å². The van der Waals surface area contributed by atoms with Gasteiger partial charge >= 0.3 is 0 Å². The predicted molar refractivity (Wildman–Crippen MR) is 73.9 cm³/mol. The van der Waals surface area contributed by atoms with Crippen LogP contribution in [0.5, 0.6) is 11.5 Å². The molecule has 2 atom stereocenters. The molecule has 0 unspecified atom stereocenters. The highest BCUT2D eigenvalue weighted by Crippen LogP contribution is 2.30. The lowest BCUT2D eigenvalue weighted by atomic mass is 10.1. The lowest BCUT2D eigenvalue weighted by Crippen LogP contribution is -2.56. The Bertz CT molecular complexity index is 683. The summed E-state index contributed by atoms with van der Waals surface area (Å²) in [4.78, 5) is 37.1. The molecule has 1 fully saturated rings. The molecule has 118 valence electrons. The number of aromatic nitrogens is 1. The molecular formula is C14H16N2O6. The summed E-state index contributed by atoms with van der Waals surface area (Å²) in [5.74, 6) is -0.628. The van der Waals surface area contributed by atoms with E-state index >= 15 is 0 Å². The van der Waals surface area contributed by atoms with Crippen LogP contribution in [0, 0.1) is 0 Å². The van der Waals surface area contributed by atoms with Crippen molar-refractivity contribution >= 4 is 12.4 Å². The lowest BCUT2D eigenvalue weighted by molar-refractivity contribution is -0.120. The van der Waals surface area contributed by atoms with Crippen molar-refractivity contribution < 1.29 is 23.8 Å². The van der Waals surface area contributed by atoms with Gasteiger partial charge in [0, 0.05) is 6.04 Å². The van der Waals surface area contributed by atoms with E-state index in [2.05, 4.69) is 4.74 Å². The highest BCUT2D eigenvalue weighted by Gasteiger charge is 2.41.